The van der Waals surface area contributed by atoms with Crippen molar-refractivity contribution in [2.75, 3.05) is 13.1 Å². The van der Waals surface area contributed by atoms with Gasteiger partial charge in [0.15, 0.2) is 0 Å². The van der Waals surface area contributed by atoms with E-state index in [9.17, 15) is 9.59 Å². The van der Waals surface area contributed by atoms with Crippen LogP contribution in [0, 0.1) is 0 Å². The molecule has 0 aliphatic carbocycles. The summed E-state index contributed by atoms with van der Waals surface area (Å²) in [4.78, 5) is 38.8. The van der Waals surface area contributed by atoms with Crippen molar-refractivity contribution in [3.63, 3.8) is 0 Å². The molecule has 1 aliphatic rings. The van der Waals surface area contributed by atoms with Crippen molar-refractivity contribution in [1.29, 1.82) is 0 Å². The Bertz CT molecular complexity index is 1300. The van der Waals surface area contributed by atoms with Crippen LogP contribution in [0.3, 0.4) is 0 Å². The average molecular weight is 514 g/mol. The lowest BCUT2D eigenvalue weighted by atomic mass is 9.93. The second-order valence-corrected chi connectivity index (χ2v) is 10.7. The minimum atomic E-state index is -0.537. The smallest absolute Gasteiger partial charge is 0.410 e. The van der Waals surface area contributed by atoms with Crippen molar-refractivity contribution < 1.29 is 9.53 Å². The molecule has 3 N–H and O–H groups in total. The summed E-state index contributed by atoms with van der Waals surface area (Å²) in [5.74, 6) is 0.420. The van der Waals surface area contributed by atoms with Gasteiger partial charge in [-0.05, 0) is 45.7 Å². The largest absolute Gasteiger partial charge is 0.444 e. The predicted octanol–water partition coefficient (Wildman–Crippen LogP) is 5.01. The number of likely N-dealkylation sites (tertiary alicyclic amines) is 1. The molecule has 3 heterocycles. The molecule has 4 rings (SSSR count). The van der Waals surface area contributed by atoms with Gasteiger partial charge >= 0.3 is 6.09 Å². The number of ether oxygens (including phenoxy) is 1. The van der Waals surface area contributed by atoms with Crippen LogP contribution in [0.4, 0.5) is 4.79 Å². The summed E-state index contributed by atoms with van der Waals surface area (Å²) in [5, 5.41) is 3.18. The number of nitrogens with one attached hydrogen (secondary N) is 1. The third-order valence-electron chi connectivity index (χ3n) is 5.60. The Hall–Kier alpha value is -3.17. The number of amides is 1. The average Bonchev–Trinajstić information content (AvgIpc) is 3.28. The fourth-order valence-electron chi connectivity index (χ4n) is 3.93. The number of benzene rings is 1. The third kappa shape index (κ3) is 6.10. The fraction of sp³-hybridized carbons (Fsp3) is 0.360. The molecule has 1 aromatic carbocycles. The molecule has 0 radical (unpaired) electrons. The van der Waals surface area contributed by atoms with Crippen LogP contribution >= 0.6 is 22.9 Å². The van der Waals surface area contributed by atoms with Gasteiger partial charge in [0.25, 0.3) is 5.56 Å². The number of aromatic amines is 1. The first-order valence-corrected chi connectivity index (χ1v) is 12.6. The van der Waals surface area contributed by atoms with Crippen molar-refractivity contribution in [3.05, 3.63) is 73.8 Å². The van der Waals surface area contributed by atoms with E-state index in [0.29, 0.717) is 53.1 Å². The molecule has 8 nitrogen and oxygen atoms in total. The monoisotopic (exact) mass is 513 g/mol. The summed E-state index contributed by atoms with van der Waals surface area (Å²) in [6, 6.07) is 8.97. The van der Waals surface area contributed by atoms with Gasteiger partial charge in [-0.3, -0.25) is 4.79 Å². The highest BCUT2D eigenvalue weighted by Crippen LogP contribution is 2.31. The molecule has 1 aliphatic heterocycles. The number of nitrogens with two attached hydrogens (primary N) is 1. The van der Waals surface area contributed by atoms with E-state index < -0.39 is 5.60 Å². The molecule has 1 saturated heterocycles. The van der Waals surface area contributed by atoms with E-state index in [1.165, 1.54) is 23.6 Å². The zero-order valence-electron chi connectivity index (χ0n) is 19.9. The minimum absolute atomic E-state index is 0.0482. The molecule has 0 unspecified atom stereocenters. The van der Waals surface area contributed by atoms with Crippen LogP contribution in [-0.2, 0) is 4.74 Å². The highest BCUT2D eigenvalue weighted by Gasteiger charge is 2.28. The number of H-pyrrole nitrogens is 1. The van der Waals surface area contributed by atoms with Gasteiger partial charge in [-0.25, -0.2) is 14.8 Å². The topological polar surface area (TPSA) is 114 Å². The Kier molecular flexibility index (Phi) is 7.28. The number of hydrogen-bond acceptors (Lipinski definition) is 7. The number of carbonyl (C=O) groups is 1. The summed E-state index contributed by atoms with van der Waals surface area (Å²) in [6.07, 6.45) is 2.47. The molecule has 0 bridgehead atoms. The van der Waals surface area contributed by atoms with Gasteiger partial charge in [0.1, 0.15) is 16.4 Å². The minimum Gasteiger partial charge on any atom is -0.444 e. The first-order valence-electron chi connectivity index (χ1n) is 11.4. The summed E-state index contributed by atoms with van der Waals surface area (Å²) in [5.41, 5.74) is 8.04. The number of aromatic nitrogens is 3. The van der Waals surface area contributed by atoms with Crippen molar-refractivity contribution >= 4 is 34.6 Å². The van der Waals surface area contributed by atoms with Crippen LogP contribution in [0.1, 0.15) is 56.1 Å². The molecule has 0 atom stereocenters. The standard InChI is InChI=1S/C25H28ClN5O3S/c1-25(2,3)34-24(33)31-9-7-15(8-10-31)19-12-21(32)30-22(28-19)18(13-27)23-29-20(14-35-23)16-5-4-6-17(26)11-16/h4-6,11-15H,7-10,27H2,1-3H3,(H,28,30,32). The van der Waals surface area contributed by atoms with Crippen molar-refractivity contribution in [2.45, 2.75) is 45.1 Å². The van der Waals surface area contributed by atoms with Crippen LogP contribution in [-0.4, -0.2) is 44.6 Å². The second kappa shape index (κ2) is 10.2. The Morgan fingerprint density at radius 3 is 2.66 bits per heavy atom. The maximum absolute atomic E-state index is 12.5. The lowest BCUT2D eigenvalue weighted by Crippen LogP contribution is -2.41. The number of halogens is 1. The zero-order chi connectivity index (χ0) is 25.2. The first-order chi connectivity index (χ1) is 16.6. The van der Waals surface area contributed by atoms with Gasteiger partial charge < -0.3 is 20.4 Å². The molecule has 0 spiro atoms. The zero-order valence-corrected chi connectivity index (χ0v) is 21.4. The SMILES string of the molecule is CC(C)(C)OC(=O)N1CCC(c2cc(=O)[nH]c(C(=CN)c3nc(-c4cccc(Cl)c4)cs3)n2)CC1. The normalized spacial score (nSPS) is 15.3. The molecule has 10 heteroatoms. The van der Waals surface area contributed by atoms with Gasteiger partial charge in [0.2, 0.25) is 0 Å². The molecular weight excluding hydrogens is 486 g/mol. The van der Waals surface area contributed by atoms with E-state index in [4.69, 9.17) is 32.0 Å². The Morgan fingerprint density at radius 1 is 1.26 bits per heavy atom. The molecule has 184 valence electrons. The van der Waals surface area contributed by atoms with Gasteiger partial charge in [-0.1, -0.05) is 23.7 Å². The fourth-order valence-corrected chi connectivity index (χ4v) is 4.97. The maximum atomic E-state index is 12.5. The number of piperidine rings is 1. The quantitative estimate of drug-likeness (QED) is 0.507. The number of hydrogen-bond donors (Lipinski definition) is 2. The van der Waals surface area contributed by atoms with Crippen LogP contribution in [0.15, 0.2) is 46.7 Å². The van der Waals surface area contributed by atoms with Crippen molar-refractivity contribution in [1.82, 2.24) is 19.9 Å². The van der Waals surface area contributed by atoms with Gasteiger partial charge in [-0.15, -0.1) is 11.3 Å². The van der Waals surface area contributed by atoms with E-state index in [0.717, 1.165) is 11.3 Å². The van der Waals surface area contributed by atoms with Crippen LogP contribution in [0.5, 0.6) is 0 Å². The Balaban J connectivity index is 1.53. The summed E-state index contributed by atoms with van der Waals surface area (Å²) in [6.45, 7) is 6.63. The van der Waals surface area contributed by atoms with Crippen LogP contribution in [0.2, 0.25) is 5.02 Å². The number of nitrogens with zero attached hydrogens (tertiary/aromatic N) is 3. The first kappa shape index (κ1) is 24.9. The van der Waals surface area contributed by atoms with Gasteiger partial charge in [0.05, 0.1) is 17.0 Å². The molecular formula is C25H28ClN5O3S. The lowest BCUT2D eigenvalue weighted by Gasteiger charge is -2.33. The van der Waals surface area contributed by atoms with E-state index in [1.54, 1.807) is 4.90 Å². The third-order valence-corrected chi connectivity index (χ3v) is 6.71. The maximum Gasteiger partial charge on any atom is 0.410 e. The summed E-state index contributed by atoms with van der Waals surface area (Å²) >= 11 is 7.53. The molecule has 1 amide bonds. The van der Waals surface area contributed by atoms with Gasteiger partial charge in [0, 0.05) is 47.2 Å². The number of carbonyl (C=O) groups excluding carboxylic acids is 1. The van der Waals surface area contributed by atoms with Crippen LogP contribution in [0.25, 0.3) is 16.8 Å². The highest BCUT2D eigenvalue weighted by molar-refractivity contribution is 7.11. The predicted molar refractivity (Wildman–Crippen MR) is 138 cm³/mol. The van der Waals surface area contributed by atoms with E-state index in [-0.39, 0.29) is 17.6 Å². The molecule has 0 saturated carbocycles. The molecule has 2 aromatic heterocycles. The van der Waals surface area contributed by atoms with Gasteiger partial charge in [-0.2, -0.15) is 0 Å². The highest BCUT2D eigenvalue weighted by atomic mass is 35.5. The Morgan fingerprint density at radius 2 is 2.00 bits per heavy atom. The lowest BCUT2D eigenvalue weighted by molar-refractivity contribution is 0.0204. The molecule has 1 fully saturated rings. The number of rotatable bonds is 4. The molecule has 35 heavy (non-hydrogen) atoms. The van der Waals surface area contributed by atoms with E-state index in [1.807, 2.05) is 50.4 Å². The summed E-state index contributed by atoms with van der Waals surface area (Å²) < 4.78 is 5.47. The Labute approximate surface area is 212 Å². The molecule has 3 aromatic rings. The second-order valence-electron chi connectivity index (χ2n) is 9.39. The number of thiazole rings is 1. The van der Waals surface area contributed by atoms with Crippen molar-refractivity contribution in [2.24, 2.45) is 5.73 Å². The van der Waals surface area contributed by atoms with Crippen LogP contribution < -0.4 is 11.3 Å². The van der Waals surface area contributed by atoms with Crippen molar-refractivity contribution in [3.8, 4) is 11.3 Å². The summed E-state index contributed by atoms with van der Waals surface area (Å²) in [7, 11) is 0. The van der Waals surface area contributed by atoms with E-state index >= 15 is 0 Å². The van der Waals surface area contributed by atoms with E-state index in [2.05, 4.69) is 4.98 Å².